The second-order valence-corrected chi connectivity index (χ2v) is 8.32. The summed E-state index contributed by atoms with van der Waals surface area (Å²) in [7, 11) is -3.82. The zero-order valence-corrected chi connectivity index (χ0v) is 16.9. The molecule has 1 fully saturated rings. The Morgan fingerprint density at radius 1 is 1.23 bits per heavy atom. The number of rotatable bonds is 6. The zero-order chi connectivity index (χ0) is 21.9. The Morgan fingerprint density at radius 2 is 1.93 bits per heavy atom. The molecule has 1 saturated heterocycles. The number of hydrogen-bond donors (Lipinski definition) is 1. The van der Waals surface area contributed by atoms with Crippen LogP contribution in [0.4, 0.5) is 15.9 Å². The van der Waals surface area contributed by atoms with Crippen LogP contribution in [0.15, 0.2) is 41.4 Å². The van der Waals surface area contributed by atoms with Gasteiger partial charge in [-0.25, -0.2) is 22.5 Å². The number of nitrogens with zero attached hydrogens (tertiary/aromatic N) is 4. The number of carbonyl (C=O) groups excluding carboxylic acids is 1. The third-order valence-electron chi connectivity index (χ3n) is 4.65. The van der Waals surface area contributed by atoms with E-state index in [1.165, 1.54) is 23.2 Å². The van der Waals surface area contributed by atoms with Crippen LogP contribution in [-0.4, -0.2) is 61.9 Å². The standard InChI is InChI=1S/C18H20FN5O5S/c1-2-21-30(28,29)14-4-5-16(19)15(11-14)18(25)23-9-7-22(8-10-23)17-6-3-13(12-20-17)24(26)27/h3-6,11-12,21H,2,7-10H2,1H3. The lowest BCUT2D eigenvalue weighted by atomic mass is 10.1. The van der Waals surface area contributed by atoms with Crippen LogP contribution in [-0.2, 0) is 10.0 Å². The molecule has 1 amide bonds. The summed E-state index contributed by atoms with van der Waals surface area (Å²) in [4.78, 5) is 30.2. The van der Waals surface area contributed by atoms with Crippen LogP contribution < -0.4 is 9.62 Å². The summed E-state index contributed by atoms with van der Waals surface area (Å²) in [5.41, 5.74) is -0.425. The summed E-state index contributed by atoms with van der Waals surface area (Å²) in [5.74, 6) is -0.857. The first-order valence-corrected chi connectivity index (χ1v) is 10.6. The molecule has 12 heteroatoms. The van der Waals surface area contributed by atoms with Crippen molar-refractivity contribution in [3.05, 3.63) is 58.0 Å². The van der Waals surface area contributed by atoms with Crippen molar-refractivity contribution in [3.63, 3.8) is 0 Å². The maximum atomic E-state index is 14.3. The fourth-order valence-corrected chi connectivity index (χ4v) is 4.16. The molecule has 1 aromatic carbocycles. The van der Waals surface area contributed by atoms with Gasteiger partial charge in [0.2, 0.25) is 10.0 Å². The fourth-order valence-electron chi connectivity index (χ4n) is 3.09. The number of benzene rings is 1. The molecular formula is C18H20FN5O5S. The number of nitrogens with one attached hydrogen (secondary N) is 1. The number of piperazine rings is 1. The smallest absolute Gasteiger partial charge is 0.287 e. The second-order valence-electron chi connectivity index (χ2n) is 6.55. The van der Waals surface area contributed by atoms with E-state index in [9.17, 15) is 27.7 Å². The highest BCUT2D eigenvalue weighted by atomic mass is 32.2. The minimum absolute atomic E-state index is 0.115. The van der Waals surface area contributed by atoms with Crippen LogP contribution >= 0.6 is 0 Å². The van der Waals surface area contributed by atoms with Gasteiger partial charge in [-0.1, -0.05) is 6.92 Å². The van der Waals surface area contributed by atoms with Crippen molar-refractivity contribution in [2.45, 2.75) is 11.8 Å². The van der Waals surface area contributed by atoms with E-state index < -0.39 is 26.7 Å². The number of amides is 1. The molecule has 1 aromatic heterocycles. The van der Waals surface area contributed by atoms with E-state index in [2.05, 4.69) is 9.71 Å². The number of pyridine rings is 1. The molecular weight excluding hydrogens is 417 g/mol. The molecule has 2 heterocycles. The van der Waals surface area contributed by atoms with E-state index >= 15 is 0 Å². The Balaban J connectivity index is 1.71. The van der Waals surface area contributed by atoms with Crippen LogP contribution in [0, 0.1) is 15.9 Å². The molecule has 0 saturated carbocycles. The van der Waals surface area contributed by atoms with Crippen LogP contribution in [0.1, 0.15) is 17.3 Å². The predicted octanol–water partition coefficient (Wildman–Crippen LogP) is 1.39. The van der Waals surface area contributed by atoms with Gasteiger partial charge in [-0.15, -0.1) is 0 Å². The first-order valence-electron chi connectivity index (χ1n) is 9.17. The van der Waals surface area contributed by atoms with Gasteiger partial charge in [-0.2, -0.15) is 0 Å². The number of carbonyl (C=O) groups is 1. The van der Waals surface area contributed by atoms with Crippen LogP contribution in [0.3, 0.4) is 0 Å². The minimum atomic E-state index is -3.82. The Hall–Kier alpha value is -3.12. The first kappa shape index (κ1) is 21.6. The van der Waals surface area contributed by atoms with Crippen molar-refractivity contribution >= 4 is 27.4 Å². The van der Waals surface area contributed by atoms with E-state index in [1.807, 2.05) is 4.90 Å². The van der Waals surface area contributed by atoms with Gasteiger partial charge in [0, 0.05) is 38.8 Å². The van der Waals surface area contributed by atoms with Gasteiger partial charge in [-0.3, -0.25) is 14.9 Å². The lowest BCUT2D eigenvalue weighted by Gasteiger charge is -2.35. The lowest BCUT2D eigenvalue weighted by Crippen LogP contribution is -2.49. The maximum Gasteiger partial charge on any atom is 0.287 e. The van der Waals surface area contributed by atoms with E-state index in [1.54, 1.807) is 6.92 Å². The van der Waals surface area contributed by atoms with Crippen molar-refractivity contribution in [2.75, 3.05) is 37.6 Å². The molecule has 1 aliphatic rings. The number of anilines is 1. The molecule has 3 rings (SSSR count). The first-order chi connectivity index (χ1) is 14.2. The predicted molar refractivity (Wildman–Crippen MR) is 106 cm³/mol. The van der Waals surface area contributed by atoms with E-state index in [0.717, 1.165) is 18.2 Å². The summed E-state index contributed by atoms with van der Waals surface area (Å²) in [6.45, 7) is 3.11. The Kier molecular flexibility index (Phi) is 6.27. The summed E-state index contributed by atoms with van der Waals surface area (Å²) < 4.78 is 40.9. The van der Waals surface area contributed by atoms with Crippen molar-refractivity contribution in [1.82, 2.24) is 14.6 Å². The van der Waals surface area contributed by atoms with E-state index in [-0.39, 0.29) is 35.8 Å². The summed E-state index contributed by atoms with van der Waals surface area (Å²) >= 11 is 0. The van der Waals surface area contributed by atoms with Gasteiger partial charge in [0.25, 0.3) is 11.6 Å². The summed E-state index contributed by atoms with van der Waals surface area (Å²) in [6.07, 6.45) is 1.17. The number of hydrogen-bond acceptors (Lipinski definition) is 7. The van der Waals surface area contributed by atoms with Crippen molar-refractivity contribution < 1.29 is 22.5 Å². The number of sulfonamides is 1. The van der Waals surface area contributed by atoms with Gasteiger partial charge in [-0.05, 0) is 24.3 Å². The number of nitro groups is 1. The van der Waals surface area contributed by atoms with Gasteiger partial charge < -0.3 is 9.80 Å². The molecule has 0 bridgehead atoms. The molecule has 0 spiro atoms. The largest absolute Gasteiger partial charge is 0.353 e. The number of aromatic nitrogens is 1. The van der Waals surface area contributed by atoms with E-state index in [0.29, 0.717) is 18.9 Å². The monoisotopic (exact) mass is 437 g/mol. The Bertz CT molecular complexity index is 1050. The molecule has 2 aromatic rings. The molecule has 0 unspecified atom stereocenters. The maximum absolute atomic E-state index is 14.3. The molecule has 0 aliphatic carbocycles. The van der Waals surface area contributed by atoms with Crippen LogP contribution in [0.5, 0.6) is 0 Å². The highest BCUT2D eigenvalue weighted by molar-refractivity contribution is 7.89. The number of halogens is 1. The topological polar surface area (TPSA) is 126 Å². The molecule has 160 valence electrons. The van der Waals surface area contributed by atoms with Crippen LogP contribution in [0.2, 0.25) is 0 Å². The Labute approximate surface area is 172 Å². The second kappa shape index (κ2) is 8.71. The molecule has 1 N–H and O–H groups in total. The third-order valence-corrected chi connectivity index (χ3v) is 6.19. The zero-order valence-electron chi connectivity index (χ0n) is 16.1. The van der Waals surface area contributed by atoms with Gasteiger partial charge in [0.05, 0.1) is 15.4 Å². The Morgan fingerprint density at radius 3 is 2.50 bits per heavy atom. The average molecular weight is 437 g/mol. The third kappa shape index (κ3) is 4.54. The average Bonchev–Trinajstić information content (AvgIpc) is 2.73. The van der Waals surface area contributed by atoms with Crippen molar-refractivity contribution in [2.24, 2.45) is 0 Å². The molecule has 0 atom stereocenters. The van der Waals surface area contributed by atoms with Gasteiger partial charge in [0.1, 0.15) is 17.8 Å². The lowest BCUT2D eigenvalue weighted by molar-refractivity contribution is -0.385. The van der Waals surface area contributed by atoms with Crippen molar-refractivity contribution in [3.8, 4) is 0 Å². The molecule has 1 aliphatic heterocycles. The van der Waals surface area contributed by atoms with Gasteiger partial charge >= 0.3 is 0 Å². The highest BCUT2D eigenvalue weighted by Gasteiger charge is 2.26. The quantitative estimate of drug-likeness (QED) is 0.535. The minimum Gasteiger partial charge on any atom is -0.353 e. The van der Waals surface area contributed by atoms with Crippen LogP contribution in [0.25, 0.3) is 0 Å². The van der Waals surface area contributed by atoms with E-state index in [4.69, 9.17) is 0 Å². The summed E-state index contributed by atoms with van der Waals surface area (Å²) in [6, 6.07) is 6.01. The molecule has 10 nitrogen and oxygen atoms in total. The highest BCUT2D eigenvalue weighted by Crippen LogP contribution is 2.20. The molecule has 30 heavy (non-hydrogen) atoms. The normalized spacial score (nSPS) is 14.6. The fraction of sp³-hybridized carbons (Fsp3) is 0.333. The molecule has 0 radical (unpaired) electrons. The van der Waals surface area contributed by atoms with Gasteiger partial charge in [0.15, 0.2) is 0 Å². The summed E-state index contributed by atoms with van der Waals surface area (Å²) in [5, 5.41) is 10.7. The SMILES string of the molecule is CCNS(=O)(=O)c1ccc(F)c(C(=O)N2CCN(c3ccc([N+](=O)[O-])cn3)CC2)c1. The van der Waals surface area contributed by atoms with Crippen molar-refractivity contribution in [1.29, 1.82) is 0 Å².